The Bertz CT molecular complexity index is 2630. The van der Waals surface area contributed by atoms with Gasteiger partial charge in [0.2, 0.25) is 0 Å². The maximum absolute atomic E-state index is 14.0. The van der Waals surface area contributed by atoms with Crippen molar-refractivity contribution in [1.82, 2.24) is 59.7 Å². The number of nitrogens with one attached hydrogen (secondary N) is 4. The number of anilines is 2. The van der Waals surface area contributed by atoms with Gasteiger partial charge in [-0.25, -0.2) is 9.97 Å². The highest BCUT2D eigenvalue weighted by Crippen LogP contribution is 2.27. The van der Waals surface area contributed by atoms with Crippen LogP contribution < -0.4 is 26.0 Å². The minimum atomic E-state index is -1.13. The van der Waals surface area contributed by atoms with Crippen LogP contribution in [-0.4, -0.2) is 126 Å². The second-order valence-electron chi connectivity index (χ2n) is 15.1. The summed E-state index contributed by atoms with van der Waals surface area (Å²) in [5.74, 6) is -2.21. The number of ether oxygens (including phenoxy) is 1. The van der Waals surface area contributed by atoms with E-state index in [0.29, 0.717) is 23.2 Å². The Labute approximate surface area is 352 Å². The molecule has 4 amide bonds. The number of aromatic nitrogens is 10. The summed E-state index contributed by atoms with van der Waals surface area (Å²) >= 11 is 0. The van der Waals surface area contributed by atoms with Gasteiger partial charge in [-0.1, -0.05) is 6.07 Å². The van der Waals surface area contributed by atoms with Crippen LogP contribution in [0.1, 0.15) is 67.6 Å². The lowest BCUT2D eigenvalue weighted by Gasteiger charge is -2.25. The highest BCUT2D eigenvalue weighted by Gasteiger charge is 2.27. The fourth-order valence-electron chi connectivity index (χ4n) is 7.09. The normalized spacial score (nSPS) is 20.5. The number of carbonyl (C=O) groups excluding carboxylic acids is 4. The van der Waals surface area contributed by atoms with Gasteiger partial charge in [-0.05, 0) is 37.8 Å². The lowest BCUT2D eigenvalue weighted by atomic mass is 10.1. The first-order valence-electron chi connectivity index (χ1n) is 19.9. The Kier molecular flexibility index (Phi) is 11.9. The molecule has 8 bridgehead atoms. The number of carbonyl (C=O) groups is 4. The molecule has 4 atom stereocenters. The van der Waals surface area contributed by atoms with Crippen LogP contribution in [0.4, 0.5) is 11.4 Å². The van der Waals surface area contributed by atoms with Crippen molar-refractivity contribution in [3.63, 3.8) is 0 Å². The van der Waals surface area contributed by atoms with Gasteiger partial charge in [0.15, 0.2) is 11.4 Å². The molecule has 0 saturated heterocycles. The Morgan fingerprint density at radius 2 is 1.23 bits per heavy atom. The number of hydrogen-bond donors (Lipinski definition) is 7. The number of pyridine rings is 2. The first-order chi connectivity index (χ1) is 29.9. The number of fused-ring (bicyclic) bond motifs is 12. The van der Waals surface area contributed by atoms with Crippen LogP contribution in [0.15, 0.2) is 67.5 Å². The summed E-state index contributed by atoms with van der Waals surface area (Å²) in [6.45, 7) is 0.445. The van der Waals surface area contributed by atoms with Gasteiger partial charge in [-0.2, -0.15) is 20.4 Å². The molecule has 22 heteroatoms. The minimum absolute atomic E-state index is 0.00797. The molecule has 2 aliphatic heterocycles. The average Bonchev–Trinajstić information content (AvgIpc) is 4.08. The quantitative estimate of drug-likeness (QED) is 0.127. The van der Waals surface area contributed by atoms with Crippen molar-refractivity contribution in [3.05, 3.63) is 90.3 Å². The monoisotopic (exact) mass is 848 g/mol. The average molecular weight is 849 g/mol. The lowest BCUT2D eigenvalue weighted by molar-refractivity contribution is 0.00746. The smallest absolute Gasteiger partial charge is 0.274 e. The van der Waals surface area contributed by atoms with Crippen molar-refractivity contribution in [2.24, 2.45) is 14.1 Å². The molecule has 8 rings (SSSR count). The van der Waals surface area contributed by atoms with E-state index in [4.69, 9.17) is 4.74 Å². The van der Waals surface area contributed by atoms with Crippen molar-refractivity contribution >= 4 is 35.0 Å². The van der Waals surface area contributed by atoms with Gasteiger partial charge >= 0.3 is 0 Å². The molecule has 2 aliphatic rings. The number of aryl methyl sites for hydroxylation is 3. The third-order valence-electron chi connectivity index (χ3n) is 10.3. The van der Waals surface area contributed by atoms with Gasteiger partial charge in [0.1, 0.15) is 23.2 Å². The Balaban J connectivity index is 1.13. The molecule has 0 radical (unpaired) electrons. The molecule has 0 fully saturated rings. The first-order valence-corrected chi connectivity index (χ1v) is 19.9. The number of nitrogens with zero attached hydrogens (tertiary/aromatic N) is 10. The fraction of sp³-hybridized carbons (Fsp3) is 0.350. The summed E-state index contributed by atoms with van der Waals surface area (Å²) in [7, 11) is 3.22. The van der Waals surface area contributed by atoms with E-state index in [1.54, 1.807) is 66.3 Å². The van der Waals surface area contributed by atoms with E-state index in [9.17, 15) is 34.5 Å². The van der Waals surface area contributed by atoms with Crippen LogP contribution in [-0.2, 0) is 27.2 Å². The molecule has 22 nitrogen and oxygen atoms in total. The summed E-state index contributed by atoms with van der Waals surface area (Å²) in [5, 5.41) is 61.2. The zero-order valence-electron chi connectivity index (χ0n) is 33.7. The van der Waals surface area contributed by atoms with E-state index in [0.717, 1.165) is 0 Å². The third-order valence-corrected chi connectivity index (χ3v) is 10.3. The van der Waals surface area contributed by atoms with Crippen LogP contribution in [0.2, 0.25) is 0 Å². The second-order valence-corrected chi connectivity index (χ2v) is 15.1. The van der Waals surface area contributed by atoms with E-state index in [2.05, 4.69) is 51.6 Å². The number of rotatable bonds is 2. The zero-order valence-corrected chi connectivity index (χ0v) is 33.7. The fourth-order valence-corrected chi connectivity index (χ4v) is 7.09. The number of hydrogen-bond acceptors (Lipinski definition) is 14. The lowest BCUT2D eigenvalue weighted by Crippen LogP contribution is -2.37. The van der Waals surface area contributed by atoms with Crippen molar-refractivity contribution < 1.29 is 39.2 Å². The Morgan fingerprint density at radius 3 is 1.95 bits per heavy atom. The predicted molar refractivity (Wildman–Crippen MR) is 219 cm³/mol. The molecule has 322 valence electrons. The predicted octanol–water partition coefficient (Wildman–Crippen LogP) is 0.753. The van der Waals surface area contributed by atoms with Gasteiger partial charge in [0.25, 0.3) is 23.6 Å². The number of amides is 4. The molecule has 0 aliphatic carbocycles. The molecular weight excluding hydrogens is 805 g/mol. The molecule has 6 aromatic heterocycles. The molecule has 0 saturated carbocycles. The third kappa shape index (κ3) is 9.36. The topological polar surface area (TPSA) is 283 Å². The molecule has 4 unspecified atom stereocenters. The maximum Gasteiger partial charge on any atom is 0.274 e. The van der Waals surface area contributed by atoms with Crippen molar-refractivity contribution in [1.29, 1.82) is 0 Å². The molecule has 0 spiro atoms. The maximum atomic E-state index is 14.0. The van der Waals surface area contributed by atoms with Gasteiger partial charge in [0, 0.05) is 81.8 Å². The Hall–Kier alpha value is -7.30. The van der Waals surface area contributed by atoms with Crippen molar-refractivity contribution in [3.8, 4) is 28.3 Å². The Morgan fingerprint density at radius 1 is 0.645 bits per heavy atom. The highest BCUT2D eigenvalue weighted by atomic mass is 16.5. The van der Waals surface area contributed by atoms with Gasteiger partial charge in [0.05, 0.1) is 60.0 Å². The molecule has 8 heterocycles. The number of aliphatic hydroxyl groups is 3. The van der Waals surface area contributed by atoms with E-state index in [1.165, 1.54) is 34.0 Å². The van der Waals surface area contributed by atoms with Crippen LogP contribution in [0.25, 0.3) is 22.5 Å². The molecule has 62 heavy (non-hydrogen) atoms. The first kappa shape index (κ1) is 41.4. The van der Waals surface area contributed by atoms with E-state index < -0.39 is 48.0 Å². The molecule has 0 aromatic carbocycles. The van der Waals surface area contributed by atoms with E-state index >= 15 is 0 Å². The van der Waals surface area contributed by atoms with Crippen LogP contribution in [0.5, 0.6) is 5.75 Å². The van der Waals surface area contributed by atoms with Crippen LogP contribution in [0, 0.1) is 0 Å². The summed E-state index contributed by atoms with van der Waals surface area (Å²) in [4.78, 5) is 62.8. The summed E-state index contributed by atoms with van der Waals surface area (Å²) < 4.78 is 12.5. The summed E-state index contributed by atoms with van der Waals surface area (Å²) in [6.07, 6.45) is 5.87. The largest absolute Gasteiger partial charge is 0.486 e. The van der Waals surface area contributed by atoms with Gasteiger partial charge in [-0.3, -0.25) is 37.9 Å². The van der Waals surface area contributed by atoms with E-state index in [-0.39, 0.29) is 91.0 Å². The van der Waals surface area contributed by atoms with Crippen molar-refractivity contribution in [2.45, 2.75) is 63.2 Å². The van der Waals surface area contributed by atoms with Crippen LogP contribution >= 0.6 is 0 Å². The summed E-state index contributed by atoms with van der Waals surface area (Å²) in [6, 6.07) is 7.94. The van der Waals surface area contributed by atoms with Gasteiger partial charge in [-0.15, -0.1) is 0 Å². The van der Waals surface area contributed by atoms with Gasteiger partial charge < -0.3 is 41.3 Å². The molecular formula is C40H44N14O8. The van der Waals surface area contributed by atoms with Crippen molar-refractivity contribution in [2.75, 3.05) is 23.7 Å². The van der Waals surface area contributed by atoms with E-state index in [1.807, 2.05) is 0 Å². The highest BCUT2D eigenvalue weighted by molar-refractivity contribution is 6.08. The molecule has 7 N–H and O–H groups in total. The standard InChI is InChI=1S/C40H44N14O8/c1-51-19-29-35(49-51)39(60)41-10-4-7-33(57)34(21-54-18-22(15-44-54)25-5-3-6-26(45-25)37(58)47-29)62-24-13-27-23-16-43-53(17-23)12-9-32(56)31(55)8-11-42-40(61)36-30(20-52(2)50-36)48-38(59)28(14-24)46-27/h3,5-6,13-20,31-34,55-57H,4,7-12,21H2,1-2H3,(H,41,60)(H,42,61)(H,47,58)(H,48,59). The summed E-state index contributed by atoms with van der Waals surface area (Å²) in [5.41, 5.74) is 2.03. The van der Waals surface area contributed by atoms with Crippen LogP contribution in [0.3, 0.4) is 0 Å². The minimum Gasteiger partial charge on any atom is -0.486 e. The number of aliphatic hydroxyl groups excluding tert-OH is 3. The zero-order chi connectivity index (χ0) is 43.5. The SMILES string of the molecule is Cn1cc2c(n1)C(=O)NCCCC(O)C(Oc1cc3nc(c1)-c1cnn(c1)CCC(O)C(O)CCNC(=O)c1nn(C)cc1NC3=O)Cn1cc(cn1)-c1cccc(n1)C(=O)N2. The molecule has 6 aromatic rings. The second kappa shape index (κ2) is 17.7.